The van der Waals surface area contributed by atoms with E-state index in [-0.39, 0.29) is 11.1 Å². The van der Waals surface area contributed by atoms with Crippen LogP contribution in [0.15, 0.2) is 16.6 Å². The largest absolute Gasteiger partial charge is 0.371 e. The fourth-order valence-electron chi connectivity index (χ4n) is 2.88. The van der Waals surface area contributed by atoms with Gasteiger partial charge in [0.05, 0.1) is 0 Å². The summed E-state index contributed by atoms with van der Waals surface area (Å²) in [5.41, 5.74) is 0. The summed E-state index contributed by atoms with van der Waals surface area (Å²) in [5.74, 6) is 0.812. The normalized spacial score (nSPS) is 24.6. The van der Waals surface area contributed by atoms with Gasteiger partial charge in [0.1, 0.15) is 0 Å². The molecule has 0 bridgehead atoms. The lowest BCUT2D eigenvalue weighted by Crippen LogP contribution is -2.35. The molecule has 0 saturated carbocycles. The number of nitrogens with one attached hydrogen (secondary N) is 1. The Bertz CT molecular complexity index is 734. The first-order valence-electron chi connectivity index (χ1n) is 6.60. The Morgan fingerprint density at radius 3 is 2.80 bits per heavy atom. The molecule has 6 nitrogen and oxygen atoms in total. The van der Waals surface area contributed by atoms with Crippen LogP contribution in [0.4, 0.5) is 5.82 Å². The number of fused-ring (bicyclic) bond motifs is 1. The van der Waals surface area contributed by atoms with Crippen molar-refractivity contribution in [1.29, 1.82) is 0 Å². The lowest BCUT2D eigenvalue weighted by molar-refractivity contribution is 0.403. The summed E-state index contributed by atoms with van der Waals surface area (Å²) < 4.78 is 29.2. The van der Waals surface area contributed by atoms with E-state index < -0.39 is 10.0 Å². The summed E-state index contributed by atoms with van der Waals surface area (Å²) >= 11 is 1.43. The van der Waals surface area contributed by atoms with Crippen molar-refractivity contribution in [2.75, 3.05) is 18.9 Å². The Kier molecular flexibility index (Phi) is 3.26. The summed E-state index contributed by atoms with van der Waals surface area (Å²) in [5, 5.41) is 4.99. The first kappa shape index (κ1) is 13.8. The second-order valence-corrected chi connectivity index (χ2v) is 8.01. The van der Waals surface area contributed by atoms with Gasteiger partial charge in [-0.15, -0.1) is 11.3 Å². The maximum absolute atomic E-state index is 13.0. The van der Waals surface area contributed by atoms with E-state index in [1.807, 2.05) is 12.3 Å². The number of nitrogens with zero attached hydrogens (tertiary/aromatic N) is 3. The van der Waals surface area contributed by atoms with Gasteiger partial charge in [-0.2, -0.15) is 4.31 Å². The number of sulfonamides is 1. The van der Waals surface area contributed by atoms with Crippen molar-refractivity contribution in [3.8, 4) is 0 Å². The summed E-state index contributed by atoms with van der Waals surface area (Å²) in [6.45, 7) is 4.62. The number of rotatable bonds is 3. The molecular weight excluding hydrogens is 296 g/mol. The lowest BCUT2D eigenvalue weighted by atomic mass is 10.1. The van der Waals surface area contributed by atoms with Crippen LogP contribution in [0, 0.1) is 5.92 Å². The topological polar surface area (TPSA) is 66.7 Å². The third-order valence-corrected chi connectivity index (χ3v) is 6.50. The molecule has 8 heteroatoms. The van der Waals surface area contributed by atoms with Gasteiger partial charge in [-0.05, 0) is 19.3 Å². The number of aromatic nitrogens is 2. The van der Waals surface area contributed by atoms with Gasteiger partial charge >= 0.3 is 0 Å². The standard InChI is InChI=1S/C12H18N4O2S2/c1-8-6-9(2)16(7-8)20(17,18)11-10(13-3)14-12-15(11)4-5-19-12/h4-5,8-9,13H,6-7H2,1-3H3. The molecular formula is C12H18N4O2S2. The Balaban J connectivity index is 2.16. The Morgan fingerprint density at radius 2 is 2.20 bits per heavy atom. The molecule has 1 aliphatic rings. The molecule has 3 rings (SSSR count). The predicted octanol–water partition coefficient (Wildman–Crippen LogP) is 1.86. The second kappa shape index (κ2) is 4.71. The summed E-state index contributed by atoms with van der Waals surface area (Å²) in [4.78, 5) is 5.03. The van der Waals surface area contributed by atoms with E-state index in [4.69, 9.17) is 0 Å². The fraction of sp³-hybridized carbons (Fsp3) is 0.583. The Morgan fingerprint density at radius 1 is 1.45 bits per heavy atom. The third-order valence-electron chi connectivity index (χ3n) is 3.73. The van der Waals surface area contributed by atoms with E-state index in [9.17, 15) is 8.42 Å². The van der Waals surface area contributed by atoms with Gasteiger partial charge in [-0.3, -0.25) is 4.40 Å². The molecule has 1 N–H and O–H groups in total. The van der Waals surface area contributed by atoms with Crippen molar-refractivity contribution in [3.63, 3.8) is 0 Å². The monoisotopic (exact) mass is 314 g/mol. The van der Waals surface area contributed by atoms with Gasteiger partial charge in [-0.1, -0.05) is 6.92 Å². The van der Waals surface area contributed by atoms with Gasteiger partial charge in [0.15, 0.2) is 15.8 Å². The Labute approximate surface area is 122 Å². The molecule has 0 aromatic carbocycles. The molecule has 2 unspecified atom stereocenters. The molecule has 1 saturated heterocycles. The maximum atomic E-state index is 13.0. The quantitative estimate of drug-likeness (QED) is 0.939. The number of hydrogen-bond acceptors (Lipinski definition) is 5. The van der Waals surface area contributed by atoms with Crippen LogP contribution in [0.5, 0.6) is 0 Å². The van der Waals surface area contributed by atoms with Crippen molar-refractivity contribution in [1.82, 2.24) is 13.7 Å². The lowest BCUT2D eigenvalue weighted by Gasteiger charge is -2.20. The highest BCUT2D eigenvalue weighted by Gasteiger charge is 2.39. The minimum absolute atomic E-state index is 0.0314. The van der Waals surface area contributed by atoms with Crippen molar-refractivity contribution < 1.29 is 8.42 Å². The summed E-state index contributed by atoms with van der Waals surface area (Å²) in [7, 11) is -1.84. The van der Waals surface area contributed by atoms with Crippen LogP contribution in [0.25, 0.3) is 4.96 Å². The minimum atomic E-state index is -3.54. The molecule has 1 aliphatic heterocycles. The number of imidazole rings is 1. The van der Waals surface area contributed by atoms with Crippen molar-refractivity contribution in [2.45, 2.75) is 31.3 Å². The molecule has 110 valence electrons. The molecule has 2 atom stereocenters. The first-order chi connectivity index (χ1) is 9.45. The first-order valence-corrected chi connectivity index (χ1v) is 8.92. The van der Waals surface area contributed by atoms with Crippen LogP contribution >= 0.6 is 11.3 Å². The molecule has 3 heterocycles. The van der Waals surface area contributed by atoms with Gasteiger partial charge in [0.2, 0.25) is 0 Å². The number of thiazole rings is 1. The van der Waals surface area contributed by atoms with Crippen LogP contribution in [-0.2, 0) is 10.0 Å². The zero-order chi connectivity index (χ0) is 14.5. The summed E-state index contributed by atoms with van der Waals surface area (Å²) in [6, 6.07) is 0.0314. The smallest absolute Gasteiger partial charge is 0.263 e. The maximum Gasteiger partial charge on any atom is 0.263 e. The molecule has 2 aromatic rings. The van der Waals surface area contributed by atoms with Gasteiger partial charge in [0, 0.05) is 31.2 Å². The van der Waals surface area contributed by atoms with Gasteiger partial charge < -0.3 is 5.32 Å². The van der Waals surface area contributed by atoms with Crippen LogP contribution in [0.1, 0.15) is 20.3 Å². The zero-order valence-electron chi connectivity index (χ0n) is 11.7. The van der Waals surface area contributed by atoms with E-state index in [2.05, 4.69) is 17.2 Å². The molecule has 0 spiro atoms. The predicted molar refractivity (Wildman–Crippen MR) is 79.8 cm³/mol. The van der Waals surface area contributed by atoms with E-state index in [0.717, 1.165) is 6.42 Å². The van der Waals surface area contributed by atoms with Crippen LogP contribution in [0.2, 0.25) is 0 Å². The minimum Gasteiger partial charge on any atom is -0.371 e. The molecule has 2 aromatic heterocycles. The highest BCUT2D eigenvalue weighted by atomic mass is 32.2. The van der Waals surface area contributed by atoms with Gasteiger partial charge in [-0.25, -0.2) is 13.4 Å². The third kappa shape index (κ3) is 1.94. The fourth-order valence-corrected chi connectivity index (χ4v) is 5.67. The van der Waals surface area contributed by atoms with Crippen molar-refractivity contribution in [3.05, 3.63) is 11.6 Å². The molecule has 0 aliphatic carbocycles. The molecule has 0 amide bonds. The van der Waals surface area contributed by atoms with E-state index in [0.29, 0.717) is 23.2 Å². The van der Waals surface area contributed by atoms with E-state index >= 15 is 0 Å². The molecule has 20 heavy (non-hydrogen) atoms. The SMILES string of the molecule is CNc1nc2sccn2c1S(=O)(=O)N1CC(C)CC1C. The summed E-state index contributed by atoms with van der Waals surface area (Å²) in [6.07, 6.45) is 2.66. The zero-order valence-corrected chi connectivity index (χ0v) is 13.3. The second-order valence-electron chi connectivity index (χ2n) is 5.34. The molecule has 1 fully saturated rings. The van der Waals surface area contributed by atoms with Gasteiger partial charge in [0.25, 0.3) is 10.0 Å². The highest BCUT2D eigenvalue weighted by molar-refractivity contribution is 7.89. The number of hydrogen-bond donors (Lipinski definition) is 1. The van der Waals surface area contributed by atoms with Crippen molar-refractivity contribution in [2.24, 2.45) is 5.92 Å². The highest BCUT2D eigenvalue weighted by Crippen LogP contribution is 2.33. The van der Waals surface area contributed by atoms with E-state index in [1.54, 1.807) is 22.0 Å². The average molecular weight is 314 g/mol. The Hall–Kier alpha value is -1.12. The van der Waals surface area contributed by atoms with Crippen LogP contribution in [-0.4, -0.2) is 41.7 Å². The average Bonchev–Trinajstić information content (AvgIpc) is 3.01. The van der Waals surface area contributed by atoms with E-state index in [1.165, 1.54) is 11.3 Å². The van der Waals surface area contributed by atoms with Crippen LogP contribution in [0.3, 0.4) is 0 Å². The number of anilines is 1. The van der Waals surface area contributed by atoms with Crippen molar-refractivity contribution >= 4 is 32.1 Å². The molecule has 0 radical (unpaired) electrons. The van der Waals surface area contributed by atoms with Crippen LogP contribution < -0.4 is 5.32 Å².